The van der Waals surface area contributed by atoms with Crippen molar-refractivity contribution in [2.24, 2.45) is 0 Å². The molecule has 1 aromatic heterocycles. The molecule has 0 aliphatic rings. The zero-order chi connectivity index (χ0) is 16.2. The van der Waals surface area contributed by atoms with E-state index in [1.54, 1.807) is 24.4 Å². The molecule has 0 saturated heterocycles. The maximum absolute atomic E-state index is 11.8. The molecule has 2 aromatic carbocycles. The fraction of sp³-hybridized carbons (Fsp3) is 0.111. The van der Waals surface area contributed by atoms with Crippen molar-refractivity contribution in [2.75, 3.05) is 7.11 Å². The molecule has 0 aliphatic heterocycles. The Balaban J connectivity index is 1.91. The average Bonchev–Trinajstić information content (AvgIpc) is 2.59. The first-order valence-electron chi connectivity index (χ1n) is 7.02. The number of ether oxygens (including phenoxy) is 2. The van der Waals surface area contributed by atoms with Gasteiger partial charge in [-0.2, -0.15) is 0 Å². The summed E-state index contributed by atoms with van der Waals surface area (Å²) in [5.74, 6) is -0.0787. The number of benzene rings is 2. The minimum atomic E-state index is -0.465. The van der Waals surface area contributed by atoms with E-state index in [0.717, 1.165) is 16.5 Å². The molecule has 23 heavy (non-hydrogen) atoms. The van der Waals surface area contributed by atoms with Crippen molar-refractivity contribution in [1.82, 2.24) is 4.98 Å². The molecule has 0 N–H and O–H groups in total. The van der Waals surface area contributed by atoms with Crippen LogP contribution in [0.15, 0.2) is 54.7 Å². The number of nitrogens with zero attached hydrogens (tertiary/aromatic N) is 1. The Morgan fingerprint density at radius 2 is 2.00 bits per heavy atom. The summed E-state index contributed by atoms with van der Waals surface area (Å²) in [6.45, 7) is 0.276. The number of halogens is 1. The topological polar surface area (TPSA) is 48.4 Å². The second kappa shape index (κ2) is 6.67. The highest BCUT2D eigenvalue weighted by molar-refractivity contribution is 6.30. The minimum Gasteiger partial charge on any atom is -0.488 e. The molecular weight excluding hydrogens is 314 g/mol. The number of para-hydroxylation sites is 1. The first kappa shape index (κ1) is 15.3. The molecule has 1 heterocycles. The molecular formula is C18H14ClNO3. The molecule has 3 rings (SSSR count). The van der Waals surface area contributed by atoms with Gasteiger partial charge >= 0.3 is 5.97 Å². The van der Waals surface area contributed by atoms with Crippen molar-refractivity contribution in [3.05, 3.63) is 70.9 Å². The van der Waals surface area contributed by atoms with Crippen molar-refractivity contribution < 1.29 is 14.3 Å². The molecule has 0 fully saturated rings. The van der Waals surface area contributed by atoms with E-state index in [-0.39, 0.29) is 6.61 Å². The third-order valence-electron chi connectivity index (χ3n) is 3.45. The highest BCUT2D eigenvalue weighted by Gasteiger charge is 2.14. The first-order valence-corrected chi connectivity index (χ1v) is 7.40. The third kappa shape index (κ3) is 3.27. The summed E-state index contributed by atoms with van der Waals surface area (Å²) >= 11 is 6.00. The van der Waals surface area contributed by atoms with Gasteiger partial charge in [-0.15, -0.1) is 0 Å². The SMILES string of the molecule is COC(=O)c1ccc(Cl)cc1OCc1cccc2cccnc12. The minimum absolute atomic E-state index is 0.276. The van der Waals surface area contributed by atoms with Gasteiger partial charge in [-0.3, -0.25) is 4.98 Å². The van der Waals surface area contributed by atoms with Gasteiger partial charge in [0, 0.05) is 22.2 Å². The van der Waals surface area contributed by atoms with Crippen LogP contribution >= 0.6 is 11.6 Å². The predicted octanol–water partition coefficient (Wildman–Crippen LogP) is 4.25. The van der Waals surface area contributed by atoms with E-state index >= 15 is 0 Å². The van der Waals surface area contributed by atoms with Gasteiger partial charge in [0.15, 0.2) is 0 Å². The number of rotatable bonds is 4. The van der Waals surface area contributed by atoms with Crippen LogP contribution in [0.2, 0.25) is 5.02 Å². The number of aromatic nitrogens is 1. The van der Waals surface area contributed by atoms with Crippen LogP contribution in [0.25, 0.3) is 10.9 Å². The number of carbonyl (C=O) groups excluding carboxylic acids is 1. The average molecular weight is 328 g/mol. The molecule has 0 spiro atoms. The summed E-state index contributed by atoms with van der Waals surface area (Å²) < 4.78 is 10.6. The Hall–Kier alpha value is -2.59. The predicted molar refractivity (Wildman–Crippen MR) is 88.9 cm³/mol. The van der Waals surface area contributed by atoms with Gasteiger partial charge in [0.05, 0.1) is 12.6 Å². The quantitative estimate of drug-likeness (QED) is 0.672. The van der Waals surface area contributed by atoms with E-state index in [0.29, 0.717) is 16.3 Å². The Kier molecular flexibility index (Phi) is 4.44. The lowest BCUT2D eigenvalue weighted by Crippen LogP contribution is -2.06. The van der Waals surface area contributed by atoms with E-state index in [4.69, 9.17) is 21.1 Å². The summed E-state index contributed by atoms with van der Waals surface area (Å²) in [5.41, 5.74) is 2.14. The van der Waals surface area contributed by atoms with E-state index < -0.39 is 5.97 Å². The van der Waals surface area contributed by atoms with Crippen LogP contribution in [-0.4, -0.2) is 18.1 Å². The lowest BCUT2D eigenvalue weighted by molar-refractivity contribution is 0.0595. The van der Waals surface area contributed by atoms with Crippen molar-refractivity contribution in [3.8, 4) is 5.75 Å². The molecule has 0 bridgehead atoms. The van der Waals surface area contributed by atoms with Gasteiger partial charge in [0.1, 0.15) is 17.9 Å². The third-order valence-corrected chi connectivity index (χ3v) is 3.68. The van der Waals surface area contributed by atoms with Crippen molar-refractivity contribution in [3.63, 3.8) is 0 Å². The van der Waals surface area contributed by atoms with E-state index in [2.05, 4.69) is 4.98 Å². The molecule has 0 unspecified atom stereocenters. The van der Waals surface area contributed by atoms with Gasteiger partial charge < -0.3 is 9.47 Å². The molecule has 0 amide bonds. The van der Waals surface area contributed by atoms with Gasteiger partial charge in [-0.05, 0) is 24.3 Å². The monoisotopic (exact) mass is 327 g/mol. The van der Waals surface area contributed by atoms with Crippen LogP contribution in [0.5, 0.6) is 5.75 Å². The number of carbonyl (C=O) groups is 1. The van der Waals surface area contributed by atoms with Crippen LogP contribution in [0.3, 0.4) is 0 Å². The van der Waals surface area contributed by atoms with Gasteiger partial charge in [-0.25, -0.2) is 4.79 Å². The Labute approximate surface area is 138 Å². The zero-order valence-electron chi connectivity index (χ0n) is 12.5. The summed E-state index contributed by atoms with van der Waals surface area (Å²) in [4.78, 5) is 16.2. The lowest BCUT2D eigenvalue weighted by atomic mass is 10.1. The largest absolute Gasteiger partial charge is 0.488 e. The molecule has 116 valence electrons. The second-order valence-corrected chi connectivity index (χ2v) is 5.35. The van der Waals surface area contributed by atoms with Gasteiger partial charge in [0.25, 0.3) is 0 Å². The molecule has 0 aliphatic carbocycles. The number of methoxy groups -OCH3 is 1. The summed E-state index contributed by atoms with van der Waals surface area (Å²) in [5, 5.41) is 1.52. The van der Waals surface area contributed by atoms with Crippen molar-refractivity contribution in [1.29, 1.82) is 0 Å². The van der Waals surface area contributed by atoms with Crippen molar-refractivity contribution in [2.45, 2.75) is 6.61 Å². The first-order chi connectivity index (χ1) is 11.2. The maximum Gasteiger partial charge on any atom is 0.341 e. The molecule has 4 nitrogen and oxygen atoms in total. The Morgan fingerprint density at radius 1 is 1.17 bits per heavy atom. The summed E-state index contributed by atoms with van der Waals surface area (Å²) in [6, 6.07) is 14.6. The Bertz CT molecular complexity index is 859. The molecule has 0 atom stereocenters. The molecule has 3 aromatic rings. The fourth-order valence-corrected chi connectivity index (χ4v) is 2.50. The number of esters is 1. The Morgan fingerprint density at radius 3 is 2.83 bits per heavy atom. The maximum atomic E-state index is 11.8. The fourth-order valence-electron chi connectivity index (χ4n) is 2.33. The normalized spacial score (nSPS) is 10.5. The van der Waals surface area contributed by atoms with E-state index in [9.17, 15) is 4.79 Å². The zero-order valence-corrected chi connectivity index (χ0v) is 13.2. The van der Waals surface area contributed by atoms with Crippen LogP contribution in [-0.2, 0) is 11.3 Å². The molecule has 0 radical (unpaired) electrons. The van der Waals surface area contributed by atoms with E-state index in [1.807, 2.05) is 30.3 Å². The van der Waals surface area contributed by atoms with Crippen LogP contribution in [0.4, 0.5) is 0 Å². The lowest BCUT2D eigenvalue weighted by Gasteiger charge is -2.12. The van der Waals surface area contributed by atoms with Crippen LogP contribution in [0, 0.1) is 0 Å². The standard InChI is InChI=1S/C18H14ClNO3/c1-22-18(21)15-8-7-14(19)10-16(15)23-11-13-5-2-4-12-6-3-9-20-17(12)13/h2-10H,11H2,1H3. The van der Waals surface area contributed by atoms with Crippen LogP contribution in [0.1, 0.15) is 15.9 Å². The number of pyridine rings is 1. The number of hydrogen-bond donors (Lipinski definition) is 0. The highest BCUT2D eigenvalue weighted by Crippen LogP contribution is 2.26. The van der Waals surface area contributed by atoms with E-state index in [1.165, 1.54) is 7.11 Å². The van der Waals surface area contributed by atoms with Gasteiger partial charge in [0.2, 0.25) is 0 Å². The summed E-state index contributed by atoms with van der Waals surface area (Å²) in [7, 11) is 1.33. The van der Waals surface area contributed by atoms with Gasteiger partial charge in [-0.1, -0.05) is 35.9 Å². The van der Waals surface area contributed by atoms with Crippen molar-refractivity contribution >= 4 is 28.5 Å². The molecule has 5 heteroatoms. The highest BCUT2D eigenvalue weighted by atomic mass is 35.5. The summed E-state index contributed by atoms with van der Waals surface area (Å²) in [6.07, 6.45) is 1.74. The number of hydrogen-bond acceptors (Lipinski definition) is 4. The molecule has 0 saturated carbocycles. The second-order valence-electron chi connectivity index (χ2n) is 4.91. The van der Waals surface area contributed by atoms with Crippen LogP contribution < -0.4 is 4.74 Å². The smallest absolute Gasteiger partial charge is 0.341 e. The number of fused-ring (bicyclic) bond motifs is 1.